The van der Waals surface area contributed by atoms with Crippen molar-refractivity contribution < 1.29 is 9.53 Å². The highest BCUT2D eigenvalue weighted by Crippen LogP contribution is 2.44. The van der Waals surface area contributed by atoms with Gasteiger partial charge in [-0.2, -0.15) is 0 Å². The van der Waals surface area contributed by atoms with Crippen LogP contribution in [-0.2, 0) is 4.74 Å². The molecule has 20 heavy (non-hydrogen) atoms. The van der Waals surface area contributed by atoms with Gasteiger partial charge in [-0.1, -0.05) is 19.9 Å². The second kappa shape index (κ2) is 5.83. The molecule has 1 saturated carbocycles. The Bertz CT molecular complexity index is 485. The number of hydrogen-bond donors (Lipinski definition) is 2. The molecule has 4 heteroatoms. The van der Waals surface area contributed by atoms with E-state index < -0.39 is 0 Å². The van der Waals surface area contributed by atoms with E-state index in [1.165, 1.54) is 0 Å². The molecule has 1 fully saturated rings. The molecule has 1 aliphatic rings. The minimum atomic E-state index is -0.0614. The van der Waals surface area contributed by atoms with Crippen LogP contribution in [0.3, 0.4) is 0 Å². The van der Waals surface area contributed by atoms with Gasteiger partial charge in [0.15, 0.2) is 0 Å². The number of ether oxygens (including phenoxy) is 1. The van der Waals surface area contributed by atoms with Crippen molar-refractivity contribution in [2.75, 3.05) is 19.0 Å². The van der Waals surface area contributed by atoms with Gasteiger partial charge in [-0.3, -0.25) is 4.79 Å². The Kier molecular flexibility index (Phi) is 4.33. The molecule has 2 N–H and O–H groups in total. The summed E-state index contributed by atoms with van der Waals surface area (Å²) in [5.74, 6) is -0.0614. The zero-order valence-corrected chi connectivity index (χ0v) is 12.7. The molecule has 0 saturated heterocycles. The van der Waals surface area contributed by atoms with E-state index >= 15 is 0 Å². The molecule has 2 unspecified atom stereocenters. The lowest BCUT2D eigenvalue weighted by Gasteiger charge is -2.52. The molecule has 2 atom stereocenters. The van der Waals surface area contributed by atoms with Gasteiger partial charge in [0.05, 0.1) is 6.10 Å². The van der Waals surface area contributed by atoms with Gasteiger partial charge in [0.2, 0.25) is 0 Å². The monoisotopic (exact) mass is 276 g/mol. The molecule has 0 spiro atoms. The number of carbonyl (C=O) groups is 1. The molecule has 0 aliphatic heterocycles. The van der Waals surface area contributed by atoms with E-state index in [0.29, 0.717) is 17.7 Å². The molecular formula is C16H24N2O2. The second-order valence-electron chi connectivity index (χ2n) is 5.86. The molecule has 0 radical (unpaired) electrons. The fourth-order valence-corrected chi connectivity index (χ4v) is 2.71. The number of rotatable bonds is 5. The van der Waals surface area contributed by atoms with Crippen LogP contribution < -0.4 is 10.6 Å². The molecule has 0 heterocycles. The van der Waals surface area contributed by atoms with E-state index in [1.807, 2.05) is 31.2 Å². The van der Waals surface area contributed by atoms with Gasteiger partial charge in [0.1, 0.15) is 0 Å². The average Bonchev–Trinajstić information content (AvgIpc) is 2.45. The maximum atomic E-state index is 11.6. The van der Waals surface area contributed by atoms with Gasteiger partial charge >= 0.3 is 0 Å². The fraction of sp³-hybridized carbons (Fsp3) is 0.562. The Balaban J connectivity index is 2.03. The molecule has 1 aliphatic carbocycles. The molecule has 0 aromatic heterocycles. The summed E-state index contributed by atoms with van der Waals surface area (Å²) in [7, 11) is 1.64. The summed E-state index contributed by atoms with van der Waals surface area (Å²) in [4.78, 5) is 11.6. The molecule has 0 bridgehead atoms. The highest BCUT2D eigenvalue weighted by molar-refractivity contribution is 5.94. The molecule has 1 aromatic rings. The minimum absolute atomic E-state index is 0.0614. The van der Waals surface area contributed by atoms with Crippen molar-refractivity contribution in [3.63, 3.8) is 0 Å². The van der Waals surface area contributed by atoms with E-state index in [1.54, 1.807) is 7.05 Å². The molecule has 1 amide bonds. The standard InChI is InChI=1S/C16H24N2O2/c1-5-20-14-10-13(16(14,2)3)18-12-8-6-7-11(9-12)15(19)17-4/h6-9,13-14,18H,5,10H2,1-4H3,(H,17,19). The van der Waals surface area contributed by atoms with Crippen molar-refractivity contribution in [2.45, 2.75) is 39.3 Å². The number of hydrogen-bond acceptors (Lipinski definition) is 3. The summed E-state index contributed by atoms with van der Waals surface area (Å²) in [6.45, 7) is 7.23. The summed E-state index contributed by atoms with van der Waals surface area (Å²) in [5.41, 5.74) is 1.77. The van der Waals surface area contributed by atoms with Crippen LogP contribution in [0.25, 0.3) is 0 Å². The van der Waals surface area contributed by atoms with Crippen molar-refractivity contribution in [3.05, 3.63) is 29.8 Å². The normalized spacial score (nSPS) is 23.8. The molecule has 1 aromatic carbocycles. The first-order chi connectivity index (χ1) is 9.48. The average molecular weight is 276 g/mol. The maximum Gasteiger partial charge on any atom is 0.251 e. The molecular weight excluding hydrogens is 252 g/mol. The van der Waals surface area contributed by atoms with Gasteiger partial charge in [0.25, 0.3) is 5.91 Å². The summed E-state index contributed by atoms with van der Waals surface area (Å²) < 4.78 is 5.74. The topological polar surface area (TPSA) is 50.4 Å². The molecule has 4 nitrogen and oxygen atoms in total. The van der Waals surface area contributed by atoms with Gasteiger partial charge < -0.3 is 15.4 Å². The van der Waals surface area contributed by atoms with Crippen molar-refractivity contribution in [1.29, 1.82) is 0 Å². The lowest BCUT2D eigenvalue weighted by atomic mass is 9.64. The second-order valence-corrected chi connectivity index (χ2v) is 5.86. The van der Waals surface area contributed by atoms with Gasteiger partial charge in [0, 0.05) is 36.4 Å². The highest BCUT2D eigenvalue weighted by atomic mass is 16.5. The van der Waals surface area contributed by atoms with Gasteiger partial charge in [-0.25, -0.2) is 0 Å². The quantitative estimate of drug-likeness (QED) is 0.869. The summed E-state index contributed by atoms with van der Waals surface area (Å²) >= 11 is 0. The fourth-order valence-electron chi connectivity index (χ4n) is 2.71. The first kappa shape index (κ1) is 14.9. The SMILES string of the molecule is CCOC1CC(Nc2cccc(C(=O)NC)c2)C1(C)C. The Morgan fingerprint density at radius 3 is 2.80 bits per heavy atom. The van der Waals surface area contributed by atoms with E-state index in [0.717, 1.165) is 18.7 Å². The summed E-state index contributed by atoms with van der Waals surface area (Å²) in [6.07, 6.45) is 1.32. The Labute approximate surface area is 120 Å². The van der Waals surface area contributed by atoms with E-state index in [2.05, 4.69) is 24.5 Å². The molecule has 110 valence electrons. The Morgan fingerprint density at radius 1 is 1.45 bits per heavy atom. The van der Waals surface area contributed by atoms with Crippen LogP contribution in [0.15, 0.2) is 24.3 Å². The van der Waals surface area contributed by atoms with E-state index in [9.17, 15) is 4.79 Å². The van der Waals surface area contributed by atoms with Crippen LogP contribution in [0.2, 0.25) is 0 Å². The summed E-state index contributed by atoms with van der Waals surface area (Å²) in [5, 5.41) is 6.16. The van der Waals surface area contributed by atoms with Crippen molar-refractivity contribution in [1.82, 2.24) is 5.32 Å². The third-order valence-corrected chi connectivity index (χ3v) is 4.24. The van der Waals surface area contributed by atoms with E-state index in [4.69, 9.17) is 4.74 Å². The van der Waals surface area contributed by atoms with Crippen LogP contribution in [0.4, 0.5) is 5.69 Å². The molecule has 2 rings (SSSR count). The highest BCUT2D eigenvalue weighted by Gasteiger charge is 2.48. The lowest BCUT2D eigenvalue weighted by molar-refractivity contribution is -0.0975. The smallest absolute Gasteiger partial charge is 0.251 e. The van der Waals surface area contributed by atoms with Crippen LogP contribution in [0.5, 0.6) is 0 Å². The number of benzene rings is 1. The van der Waals surface area contributed by atoms with Crippen LogP contribution in [0.1, 0.15) is 37.6 Å². The third-order valence-electron chi connectivity index (χ3n) is 4.24. The van der Waals surface area contributed by atoms with Crippen molar-refractivity contribution in [2.24, 2.45) is 5.41 Å². The first-order valence-electron chi connectivity index (χ1n) is 7.19. The van der Waals surface area contributed by atoms with Crippen LogP contribution in [0, 0.1) is 5.41 Å². The number of amides is 1. The summed E-state index contributed by atoms with van der Waals surface area (Å²) in [6, 6.07) is 7.98. The zero-order chi connectivity index (χ0) is 14.8. The number of anilines is 1. The van der Waals surface area contributed by atoms with Crippen LogP contribution in [-0.4, -0.2) is 31.7 Å². The Hall–Kier alpha value is -1.55. The largest absolute Gasteiger partial charge is 0.382 e. The van der Waals surface area contributed by atoms with Gasteiger partial charge in [-0.05, 0) is 31.5 Å². The number of nitrogens with one attached hydrogen (secondary N) is 2. The predicted octanol–water partition coefficient (Wildman–Crippen LogP) is 2.66. The van der Waals surface area contributed by atoms with Crippen molar-refractivity contribution in [3.8, 4) is 0 Å². The van der Waals surface area contributed by atoms with Crippen LogP contribution >= 0.6 is 0 Å². The number of carbonyl (C=O) groups excluding carboxylic acids is 1. The minimum Gasteiger partial charge on any atom is -0.382 e. The van der Waals surface area contributed by atoms with Crippen molar-refractivity contribution >= 4 is 11.6 Å². The first-order valence-corrected chi connectivity index (χ1v) is 7.19. The third kappa shape index (κ3) is 2.80. The predicted molar refractivity (Wildman–Crippen MR) is 81.1 cm³/mol. The van der Waals surface area contributed by atoms with Gasteiger partial charge in [-0.15, -0.1) is 0 Å². The maximum absolute atomic E-state index is 11.6. The Morgan fingerprint density at radius 2 is 2.20 bits per heavy atom. The lowest BCUT2D eigenvalue weighted by Crippen LogP contribution is -2.58. The zero-order valence-electron chi connectivity index (χ0n) is 12.7. The van der Waals surface area contributed by atoms with E-state index in [-0.39, 0.29) is 11.3 Å².